The summed E-state index contributed by atoms with van der Waals surface area (Å²) in [6.07, 6.45) is -4.45. The lowest BCUT2D eigenvalue weighted by Crippen LogP contribution is -2.09. The van der Waals surface area contributed by atoms with Crippen LogP contribution in [0.5, 0.6) is 0 Å². The summed E-state index contributed by atoms with van der Waals surface area (Å²) in [7, 11) is 0. The molecular weight excluding hydrogens is 336 g/mol. The van der Waals surface area contributed by atoms with Crippen molar-refractivity contribution in [3.8, 4) is 0 Å². The molecule has 1 N–H and O–H groups in total. The minimum Gasteiger partial charge on any atom is -0.481 e. The number of aliphatic carboxylic acids is 1. The average Bonchev–Trinajstić information content (AvgIpc) is 2.14. The molecule has 16 heavy (non-hydrogen) atoms. The number of hydrogen-bond acceptors (Lipinski definition) is 1. The van der Waals surface area contributed by atoms with Crippen molar-refractivity contribution in [2.45, 2.75) is 19.0 Å². The van der Waals surface area contributed by atoms with Crippen LogP contribution in [0.15, 0.2) is 18.2 Å². The molecule has 0 heterocycles. The molecule has 88 valence electrons. The van der Waals surface area contributed by atoms with E-state index >= 15 is 0 Å². The lowest BCUT2D eigenvalue weighted by Gasteiger charge is -2.11. The quantitative estimate of drug-likeness (QED) is 0.855. The molecule has 0 aliphatic rings. The van der Waals surface area contributed by atoms with Crippen LogP contribution in [0.4, 0.5) is 13.2 Å². The average molecular weight is 344 g/mol. The summed E-state index contributed by atoms with van der Waals surface area (Å²) in [4.78, 5) is 10.3. The first-order chi connectivity index (χ1) is 7.32. The second kappa shape index (κ2) is 5.03. The van der Waals surface area contributed by atoms with Crippen LogP contribution < -0.4 is 0 Å². The zero-order chi connectivity index (χ0) is 12.3. The Morgan fingerprint density at radius 1 is 1.38 bits per heavy atom. The lowest BCUT2D eigenvalue weighted by molar-refractivity contribution is -0.138. The van der Waals surface area contributed by atoms with Gasteiger partial charge in [-0.25, -0.2) is 0 Å². The predicted molar refractivity (Wildman–Crippen MR) is 60.1 cm³/mol. The third kappa shape index (κ3) is 3.36. The third-order valence-corrected chi connectivity index (χ3v) is 3.27. The van der Waals surface area contributed by atoms with E-state index in [4.69, 9.17) is 5.11 Å². The van der Waals surface area contributed by atoms with Crippen molar-refractivity contribution in [2.75, 3.05) is 0 Å². The van der Waals surface area contributed by atoms with Gasteiger partial charge in [0.25, 0.3) is 0 Å². The molecule has 0 aliphatic carbocycles. The second-order valence-electron chi connectivity index (χ2n) is 3.17. The van der Waals surface area contributed by atoms with Crippen LogP contribution in [0, 0.1) is 3.57 Å². The fourth-order valence-electron chi connectivity index (χ4n) is 1.23. The molecule has 2 nitrogen and oxygen atoms in total. The predicted octanol–water partition coefficient (Wildman–Crippen LogP) is 3.33. The highest BCUT2D eigenvalue weighted by Gasteiger charge is 2.33. The number of alkyl halides is 3. The highest BCUT2D eigenvalue weighted by atomic mass is 127. The molecule has 1 rings (SSSR count). The maximum atomic E-state index is 12.5. The van der Waals surface area contributed by atoms with Gasteiger partial charge in [-0.05, 0) is 40.6 Å². The van der Waals surface area contributed by atoms with Gasteiger partial charge in [0.15, 0.2) is 0 Å². The summed E-state index contributed by atoms with van der Waals surface area (Å²) in [6.45, 7) is 0. The van der Waals surface area contributed by atoms with Gasteiger partial charge < -0.3 is 5.11 Å². The van der Waals surface area contributed by atoms with Gasteiger partial charge >= 0.3 is 12.1 Å². The maximum absolute atomic E-state index is 12.5. The van der Waals surface area contributed by atoms with Gasteiger partial charge in [-0.1, -0.05) is 12.1 Å². The van der Waals surface area contributed by atoms with Crippen LogP contribution in [-0.2, 0) is 17.4 Å². The fraction of sp³-hybridized carbons (Fsp3) is 0.300. The molecule has 0 saturated carbocycles. The largest absolute Gasteiger partial charge is 0.481 e. The van der Waals surface area contributed by atoms with Crippen LogP contribution in [0.25, 0.3) is 0 Å². The molecule has 0 spiro atoms. The SMILES string of the molecule is O=C(O)CCc1cccc(C(F)(F)F)c1I. The normalized spacial score (nSPS) is 11.5. The van der Waals surface area contributed by atoms with Gasteiger partial charge in [0, 0.05) is 9.99 Å². The number of halogens is 4. The first-order valence-corrected chi connectivity index (χ1v) is 5.46. The van der Waals surface area contributed by atoms with Crippen molar-refractivity contribution >= 4 is 28.6 Å². The number of benzene rings is 1. The molecule has 0 atom stereocenters. The summed E-state index contributed by atoms with van der Waals surface area (Å²) >= 11 is 1.60. The van der Waals surface area contributed by atoms with E-state index < -0.39 is 17.7 Å². The van der Waals surface area contributed by atoms with Crippen LogP contribution in [0.1, 0.15) is 17.5 Å². The van der Waals surface area contributed by atoms with Gasteiger partial charge in [0.05, 0.1) is 5.56 Å². The van der Waals surface area contributed by atoms with Crippen LogP contribution in [0.2, 0.25) is 0 Å². The van der Waals surface area contributed by atoms with Gasteiger partial charge in [-0.3, -0.25) is 4.79 Å². The molecule has 0 radical (unpaired) electrons. The van der Waals surface area contributed by atoms with Crippen molar-refractivity contribution in [1.29, 1.82) is 0 Å². The lowest BCUT2D eigenvalue weighted by atomic mass is 10.1. The van der Waals surface area contributed by atoms with E-state index in [-0.39, 0.29) is 16.4 Å². The van der Waals surface area contributed by atoms with E-state index in [1.807, 2.05) is 0 Å². The first kappa shape index (κ1) is 13.3. The number of carbonyl (C=O) groups is 1. The second-order valence-corrected chi connectivity index (χ2v) is 4.25. The number of hydrogen-bond donors (Lipinski definition) is 1. The summed E-state index contributed by atoms with van der Waals surface area (Å²) in [5.74, 6) is -1.02. The van der Waals surface area contributed by atoms with E-state index in [9.17, 15) is 18.0 Å². The van der Waals surface area contributed by atoms with Crippen LogP contribution >= 0.6 is 22.6 Å². The van der Waals surface area contributed by atoms with Crippen LogP contribution in [0.3, 0.4) is 0 Å². The number of aryl methyl sites for hydroxylation is 1. The molecule has 6 heteroatoms. The Labute approximate surface area is 104 Å². The van der Waals surface area contributed by atoms with Crippen molar-refractivity contribution in [2.24, 2.45) is 0 Å². The van der Waals surface area contributed by atoms with Crippen molar-refractivity contribution < 1.29 is 23.1 Å². The Kier molecular flexibility index (Phi) is 4.17. The number of rotatable bonds is 3. The molecule has 0 aromatic heterocycles. The van der Waals surface area contributed by atoms with E-state index in [2.05, 4.69) is 0 Å². The van der Waals surface area contributed by atoms with E-state index in [0.29, 0.717) is 5.56 Å². The Morgan fingerprint density at radius 2 is 2.00 bits per heavy atom. The zero-order valence-corrected chi connectivity index (χ0v) is 10.2. The Balaban J connectivity index is 3.00. The monoisotopic (exact) mass is 344 g/mol. The molecule has 0 fully saturated rings. The van der Waals surface area contributed by atoms with Gasteiger partial charge in [-0.2, -0.15) is 13.2 Å². The van der Waals surface area contributed by atoms with Crippen molar-refractivity contribution in [3.05, 3.63) is 32.9 Å². The van der Waals surface area contributed by atoms with E-state index in [1.54, 1.807) is 22.6 Å². The molecule has 1 aromatic rings. The third-order valence-electron chi connectivity index (χ3n) is 1.99. The fourth-order valence-corrected chi connectivity index (χ4v) is 2.17. The topological polar surface area (TPSA) is 37.3 Å². The smallest absolute Gasteiger partial charge is 0.417 e. The molecule has 0 aliphatic heterocycles. The van der Waals surface area contributed by atoms with Gasteiger partial charge in [0.1, 0.15) is 0 Å². The van der Waals surface area contributed by atoms with Crippen molar-refractivity contribution in [3.63, 3.8) is 0 Å². The number of carboxylic acid groups (broad SMARTS) is 1. The highest BCUT2D eigenvalue weighted by molar-refractivity contribution is 14.1. The van der Waals surface area contributed by atoms with E-state index in [1.165, 1.54) is 12.1 Å². The minimum absolute atomic E-state index is 0.0776. The Hall–Kier alpha value is -0.790. The summed E-state index contributed by atoms with van der Waals surface area (Å²) < 4.78 is 37.6. The van der Waals surface area contributed by atoms with Crippen LogP contribution in [-0.4, -0.2) is 11.1 Å². The van der Waals surface area contributed by atoms with Crippen molar-refractivity contribution in [1.82, 2.24) is 0 Å². The molecule has 0 bridgehead atoms. The molecule has 0 unspecified atom stereocenters. The number of carboxylic acids is 1. The molecular formula is C10H8F3IO2. The molecule has 0 amide bonds. The van der Waals surface area contributed by atoms with E-state index in [0.717, 1.165) is 6.07 Å². The summed E-state index contributed by atoms with van der Waals surface area (Å²) in [6, 6.07) is 3.80. The molecule has 0 saturated heterocycles. The maximum Gasteiger partial charge on any atom is 0.417 e. The Bertz CT molecular complexity index is 402. The zero-order valence-electron chi connectivity index (χ0n) is 8.01. The minimum atomic E-state index is -4.39. The highest BCUT2D eigenvalue weighted by Crippen LogP contribution is 2.34. The van der Waals surface area contributed by atoms with Gasteiger partial charge in [-0.15, -0.1) is 0 Å². The first-order valence-electron chi connectivity index (χ1n) is 4.38. The summed E-state index contributed by atoms with van der Waals surface area (Å²) in [5.41, 5.74) is -0.297. The van der Waals surface area contributed by atoms with Gasteiger partial charge in [0.2, 0.25) is 0 Å². The standard InChI is InChI=1S/C10H8F3IO2/c11-10(12,13)7-3-1-2-6(9(7)14)4-5-8(15)16/h1-3H,4-5H2,(H,15,16). The molecule has 1 aromatic carbocycles. The summed E-state index contributed by atoms with van der Waals surface area (Å²) in [5, 5.41) is 8.47. The Morgan fingerprint density at radius 3 is 2.50 bits per heavy atom.